The molecule has 1 aliphatic heterocycles. The van der Waals surface area contributed by atoms with Crippen LogP contribution in [0.1, 0.15) is 5.56 Å². The lowest BCUT2D eigenvalue weighted by Crippen LogP contribution is -2.50. The molecule has 0 aromatic heterocycles. The zero-order valence-corrected chi connectivity index (χ0v) is 21.7. The number of methoxy groups -OCH3 is 1. The van der Waals surface area contributed by atoms with Crippen molar-refractivity contribution in [1.82, 2.24) is 4.90 Å². The zero-order valence-electron chi connectivity index (χ0n) is 20.1. The van der Waals surface area contributed by atoms with Gasteiger partial charge in [-0.25, -0.2) is 8.42 Å². The number of sulfonamides is 1. The Morgan fingerprint density at radius 1 is 1.00 bits per heavy atom. The Kier molecular flexibility index (Phi) is 7.91. The van der Waals surface area contributed by atoms with Crippen LogP contribution in [0.3, 0.4) is 0 Å². The molecule has 0 aliphatic carbocycles. The first-order valence-electron chi connectivity index (χ1n) is 11.4. The third kappa shape index (κ3) is 6.03. The predicted molar refractivity (Wildman–Crippen MR) is 141 cm³/mol. The zero-order chi connectivity index (χ0) is 25.7. The molecule has 0 saturated carbocycles. The number of halogens is 1. The molecule has 3 aromatic carbocycles. The van der Waals surface area contributed by atoms with E-state index < -0.39 is 10.0 Å². The lowest BCUT2D eigenvalue weighted by Gasteiger charge is -2.36. The van der Waals surface area contributed by atoms with Crippen LogP contribution in [0.5, 0.6) is 11.5 Å². The van der Waals surface area contributed by atoms with Crippen LogP contribution in [0.15, 0.2) is 71.6 Å². The van der Waals surface area contributed by atoms with E-state index in [1.165, 1.54) is 24.3 Å². The molecule has 10 heteroatoms. The van der Waals surface area contributed by atoms with Gasteiger partial charge in [0.25, 0.3) is 15.9 Å². The molecule has 1 fully saturated rings. The van der Waals surface area contributed by atoms with Crippen LogP contribution in [-0.2, 0) is 14.8 Å². The summed E-state index contributed by atoms with van der Waals surface area (Å²) in [5.74, 6) is 1.10. The number of aryl methyl sites for hydroxylation is 1. The van der Waals surface area contributed by atoms with Gasteiger partial charge in [-0.1, -0.05) is 29.8 Å². The van der Waals surface area contributed by atoms with Crippen LogP contribution in [0.25, 0.3) is 0 Å². The summed E-state index contributed by atoms with van der Waals surface area (Å²) in [6.07, 6.45) is 0. The van der Waals surface area contributed by atoms with E-state index in [1.54, 1.807) is 30.2 Å². The minimum Gasteiger partial charge on any atom is -0.495 e. The van der Waals surface area contributed by atoms with Crippen molar-refractivity contribution < 1.29 is 22.7 Å². The van der Waals surface area contributed by atoms with E-state index in [0.29, 0.717) is 42.6 Å². The predicted octanol–water partition coefficient (Wildman–Crippen LogP) is 4.19. The normalized spacial score (nSPS) is 13.9. The van der Waals surface area contributed by atoms with Gasteiger partial charge in [0, 0.05) is 31.2 Å². The number of piperazine rings is 1. The maximum atomic E-state index is 12.7. The summed E-state index contributed by atoms with van der Waals surface area (Å²) in [4.78, 5) is 16.7. The standard InChI is InChI=1S/C26H28ClN3O5S/c1-19-7-8-20(17-23(19)27)28-36(32,33)22-11-9-21(10-12-22)35-18-26(31)30-15-13-29(14-16-30)24-5-3-4-6-25(24)34-2/h3-12,17,28H,13-16,18H2,1-2H3. The second kappa shape index (κ2) is 11.1. The number of anilines is 2. The van der Waals surface area contributed by atoms with Gasteiger partial charge in [0.2, 0.25) is 0 Å². The Hall–Kier alpha value is -3.43. The van der Waals surface area contributed by atoms with Crippen molar-refractivity contribution in [2.24, 2.45) is 0 Å². The number of benzene rings is 3. The van der Waals surface area contributed by atoms with E-state index >= 15 is 0 Å². The Balaban J connectivity index is 1.29. The lowest BCUT2D eigenvalue weighted by atomic mass is 10.2. The fourth-order valence-corrected chi connectivity index (χ4v) is 5.14. The fraction of sp³-hybridized carbons (Fsp3) is 0.269. The minimum atomic E-state index is -3.79. The molecule has 1 amide bonds. The molecule has 0 atom stereocenters. The molecule has 1 N–H and O–H groups in total. The molecule has 1 heterocycles. The van der Waals surface area contributed by atoms with Crippen LogP contribution in [0.4, 0.5) is 11.4 Å². The van der Waals surface area contributed by atoms with Gasteiger partial charge in [0.1, 0.15) is 11.5 Å². The highest BCUT2D eigenvalue weighted by Crippen LogP contribution is 2.28. The quantitative estimate of drug-likeness (QED) is 0.471. The third-order valence-corrected chi connectivity index (χ3v) is 7.78. The first-order valence-corrected chi connectivity index (χ1v) is 13.3. The van der Waals surface area contributed by atoms with Crippen molar-refractivity contribution >= 4 is 38.9 Å². The number of carbonyl (C=O) groups excluding carboxylic acids is 1. The molecule has 0 unspecified atom stereocenters. The van der Waals surface area contributed by atoms with Crippen molar-refractivity contribution in [3.05, 3.63) is 77.3 Å². The van der Waals surface area contributed by atoms with Gasteiger partial charge in [-0.05, 0) is 61.0 Å². The lowest BCUT2D eigenvalue weighted by molar-refractivity contribution is -0.133. The van der Waals surface area contributed by atoms with Crippen LogP contribution in [0.2, 0.25) is 5.02 Å². The van der Waals surface area contributed by atoms with E-state index in [9.17, 15) is 13.2 Å². The smallest absolute Gasteiger partial charge is 0.261 e. The second-order valence-corrected chi connectivity index (χ2v) is 10.5. The SMILES string of the molecule is COc1ccccc1N1CCN(C(=O)COc2ccc(S(=O)(=O)Nc3ccc(C)c(Cl)c3)cc2)CC1. The molecule has 0 spiro atoms. The van der Waals surface area contributed by atoms with Gasteiger partial charge in [0.15, 0.2) is 6.61 Å². The molecule has 0 bridgehead atoms. The topological polar surface area (TPSA) is 88.2 Å². The van der Waals surface area contributed by atoms with Gasteiger partial charge in [-0.3, -0.25) is 9.52 Å². The fourth-order valence-electron chi connectivity index (χ4n) is 3.91. The first-order chi connectivity index (χ1) is 17.3. The number of carbonyl (C=O) groups is 1. The number of hydrogen-bond donors (Lipinski definition) is 1. The van der Waals surface area contributed by atoms with Crippen LogP contribution >= 0.6 is 11.6 Å². The molecule has 0 radical (unpaired) electrons. The molecular weight excluding hydrogens is 502 g/mol. The average Bonchev–Trinajstić information content (AvgIpc) is 2.89. The molecule has 3 aromatic rings. The molecule has 1 saturated heterocycles. The summed E-state index contributed by atoms with van der Waals surface area (Å²) < 4.78 is 38.9. The monoisotopic (exact) mass is 529 g/mol. The molecule has 36 heavy (non-hydrogen) atoms. The molecular formula is C26H28ClN3O5S. The molecule has 190 valence electrons. The number of para-hydroxylation sites is 2. The van der Waals surface area contributed by atoms with Crippen molar-refractivity contribution in [1.29, 1.82) is 0 Å². The van der Waals surface area contributed by atoms with Crippen LogP contribution < -0.4 is 19.1 Å². The molecule has 8 nitrogen and oxygen atoms in total. The van der Waals surface area contributed by atoms with Crippen LogP contribution in [0, 0.1) is 6.92 Å². The third-order valence-electron chi connectivity index (χ3n) is 5.98. The summed E-state index contributed by atoms with van der Waals surface area (Å²) in [7, 11) is -2.15. The highest BCUT2D eigenvalue weighted by molar-refractivity contribution is 7.92. The second-order valence-electron chi connectivity index (χ2n) is 8.37. The number of amides is 1. The first kappa shape index (κ1) is 25.7. The van der Waals surface area contributed by atoms with Crippen molar-refractivity contribution in [3.63, 3.8) is 0 Å². The Morgan fingerprint density at radius 3 is 2.36 bits per heavy atom. The Morgan fingerprint density at radius 2 is 1.69 bits per heavy atom. The highest BCUT2D eigenvalue weighted by Gasteiger charge is 2.23. The molecule has 1 aliphatic rings. The van der Waals surface area contributed by atoms with Gasteiger partial charge >= 0.3 is 0 Å². The number of hydrogen-bond acceptors (Lipinski definition) is 6. The number of nitrogens with zero attached hydrogens (tertiary/aromatic N) is 2. The number of rotatable bonds is 8. The maximum absolute atomic E-state index is 12.7. The summed E-state index contributed by atoms with van der Waals surface area (Å²) >= 11 is 6.08. The largest absolute Gasteiger partial charge is 0.495 e. The highest BCUT2D eigenvalue weighted by atomic mass is 35.5. The van der Waals surface area contributed by atoms with E-state index in [4.69, 9.17) is 21.1 Å². The Bertz CT molecular complexity index is 1320. The van der Waals surface area contributed by atoms with E-state index in [-0.39, 0.29) is 17.4 Å². The van der Waals surface area contributed by atoms with Crippen molar-refractivity contribution in [3.8, 4) is 11.5 Å². The number of ether oxygens (including phenoxy) is 2. The van der Waals surface area contributed by atoms with Gasteiger partial charge in [0.05, 0.1) is 23.4 Å². The van der Waals surface area contributed by atoms with Gasteiger partial charge in [-0.2, -0.15) is 0 Å². The molecule has 4 rings (SSSR count). The average molecular weight is 530 g/mol. The van der Waals surface area contributed by atoms with Crippen LogP contribution in [-0.4, -0.2) is 59.1 Å². The van der Waals surface area contributed by atoms with E-state index in [0.717, 1.165) is 17.0 Å². The van der Waals surface area contributed by atoms with E-state index in [2.05, 4.69) is 9.62 Å². The van der Waals surface area contributed by atoms with Gasteiger partial charge in [-0.15, -0.1) is 0 Å². The summed E-state index contributed by atoms with van der Waals surface area (Å²) in [5, 5.41) is 0.477. The van der Waals surface area contributed by atoms with Gasteiger partial charge < -0.3 is 19.3 Å². The number of nitrogens with one attached hydrogen (secondary N) is 1. The summed E-state index contributed by atoms with van der Waals surface area (Å²) in [6.45, 7) is 4.25. The van der Waals surface area contributed by atoms with Crippen molar-refractivity contribution in [2.75, 3.05) is 49.5 Å². The van der Waals surface area contributed by atoms with E-state index in [1.807, 2.05) is 31.2 Å². The summed E-state index contributed by atoms with van der Waals surface area (Å²) in [6, 6.07) is 18.7. The Labute approximate surface area is 216 Å². The minimum absolute atomic E-state index is 0.0744. The van der Waals surface area contributed by atoms with Crippen molar-refractivity contribution in [2.45, 2.75) is 11.8 Å². The summed E-state index contributed by atoms with van der Waals surface area (Å²) in [5.41, 5.74) is 2.25. The maximum Gasteiger partial charge on any atom is 0.261 e.